The van der Waals surface area contributed by atoms with Crippen LogP contribution in [0, 0.1) is 0 Å². The number of nitrogens with zero attached hydrogens (tertiary/aromatic N) is 5. The van der Waals surface area contributed by atoms with Crippen molar-refractivity contribution in [2.45, 2.75) is 44.4 Å². The highest BCUT2D eigenvalue weighted by atomic mass is 35.5. The molecule has 2 atom stereocenters. The second kappa shape index (κ2) is 13.7. The number of carbonyl (C=O) groups excluding carboxylic acids is 2. The number of likely N-dealkylation sites (N-methyl/N-ethyl adjacent to an activating group) is 1. The Balaban J connectivity index is 1.13. The number of piperazine rings is 1. The summed E-state index contributed by atoms with van der Waals surface area (Å²) in [6, 6.07) is 9.94. The number of pyridine rings is 1. The number of carbonyl (C=O) groups is 2. The average molecular weight is 636 g/mol. The maximum absolute atomic E-state index is 13.6. The average Bonchev–Trinajstić information content (AvgIpc) is 3.40. The van der Waals surface area contributed by atoms with Gasteiger partial charge in [0.2, 0.25) is 11.9 Å². The Labute approximate surface area is 267 Å². The number of anilines is 2. The van der Waals surface area contributed by atoms with Gasteiger partial charge in [0.25, 0.3) is 5.91 Å². The van der Waals surface area contributed by atoms with E-state index < -0.39 is 12.1 Å². The van der Waals surface area contributed by atoms with Crippen LogP contribution in [0.15, 0.2) is 42.6 Å². The summed E-state index contributed by atoms with van der Waals surface area (Å²) in [6.07, 6.45) is 3.30. The predicted octanol–water partition coefficient (Wildman–Crippen LogP) is 1.31. The Morgan fingerprint density at radius 3 is 2.71 bits per heavy atom. The van der Waals surface area contributed by atoms with E-state index in [9.17, 15) is 14.7 Å². The lowest BCUT2D eigenvalue weighted by atomic mass is 10.0. The van der Waals surface area contributed by atoms with Crippen molar-refractivity contribution in [2.24, 2.45) is 0 Å². The molecule has 6 rings (SSSR count). The molecule has 3 aliphatic rings. The number of ether oxygens (including phenoxy) is 1. The molecule has 0 unspecified atom stereocenters. The van der Waals surface area contributed by atoms with Crippen LogP contribution in [0.3, 0.4) is 0 Å². The summed E-state index contributed by atoms with van der Waals surface area (Å²) in [4.78, 5) is 46.0. The highest BCUT2D eigenvalue weighted by molar-refractivity contribution is 6.33. The first-order valence-electron chi connectivity index (χ1n) is 15.6. The molecule has 0 saturated carbocycles. The van der Waals surface area contributed by atoms with Crippen LogP contribution in [-0.4, -0.2) is 102 Å². The van der Waals surface area contributed by atoms with E-state index in [0.717, 1.165) is 50.4 Å². The number of halogens is 1. The van der Waals surface area contributed by atoms with Gasteiger partial charge >= 0.3 is 0 Å². The molecule has 5 heterocycles. The van der Waals surface area contributed by atoms with Crippen LogP contribution >= 0.6 is 11.6 Å². The normalized spacial score (nSPS) is 18.9. The van der Waals surface area contributed by atoms with Crippen LogP contribution in [-0.2, 0) is 16.1 Å². The SMILES string of the molecule is C[C@H](C(=O)N[C@H](CO)c1cccc(N2CC[NH+](C)CC2)n1)N1Cc2ccc(-c3nc(NC4CCOCC4)ncc3Cl)cc2C1=O. The van der Waals surface area contributed by atoms with Gasteiger partial charge in [0.05, 0.1) is 68.5 Å². The Bertz CT molecular complexity index is 1540. The Kier molecular flexibility index (Phi) is 9.45. The maximum Gasteiger partial charge on any atom is 0.255 e. The van der Waals surface area contributed by atoms with Crippen molar-refractivity contribution >= 4 is 35.2 Å². The summed E-state index contributed by atoms with van der Waals surface area (Å²) < 4.78 is 5.44. The van der Waals surface area contributed by atoms with Gasteiger partial charge in [0.15, 0.2) is 0 Å². The van der Waals surface area contributed by atoms with E-state index >= 15 is 0 Å². The van der Waals surface area contributed by atoms with Crippen molar-refractivity contribution < 1.29 is 24.3 Å². The number of benzene rings is 1. The Morgan fingerprint density at radius 2 is 1.96 bits per heavy atom. The molecule has 3 aromatic rings. The van der Waals surface area contributed by atoms with Crippen molar-refractivity contribution in [3.8, 4) is 11.3 Å². The van der Waals surface area contributed by atoms with E-state index in [1.807, 2.05) is 24.3 Å². The molecule has 0 aliphatic carbocycles. The van der Waals surface area contributed by atoms with Crippen LogP contribution in [0.1, 0.15) is 47.4 Å². The van der Waals surface area contributed by atoms with E-state index in [0.29, 0.717) is 53.2 Å². The fourth-order valence-corrected chi connectivity index (χ4v) is 6.22. The molecule has 2 aromatic heterocycles. The zero-order valence-electron chi connectivity index (χ0n) is 25.6. The van der Waals surface area contributed by atoms with Gasteiger partial charge in [0.1, 0.15) is 11.9 Å². The summed E-state index contributed by atoms with van der Waals surface area (Å²) >= 11 is 6.50. The highest BCUT2D eigenvalue weighted by Crippen LogP contribution is 2.32. The third-order valence-electron chi connectivity index (χ3n) is 8.91. The lowest BCUT2D eigenvalue weighted by molar-refractivity contribution is -0.880. The molecular weight excluding hydrogens is 596 g/mol. The number of aliphatic hydroxyl groups is 1. The number of fused-ring (bicyclic) bond motifs is 1. The van der Waals surface area contributed by atoms with Gasteiger partial charge in [-0.05, 0) is 43.5 Å². The van der Waals surface area contributed by atoms with E-state index in [4.69, 9.17) is 21.3 Å². The minimum atomic E-state index is -0.774. The second-order valence-electron chi connectivity index (χ2n) is 12.0. The minimum Gasteiger partial charge on any atom is -0.394 e. The number of quaternary nitrogens is 1. The molecule has 2 fully saturated rings. The number of rotatable bonds is 9. The molecular formula is C32H40ClN8O4+. The van der Waals surface area contributed by atoms with Crippen LogP contribution < -0.4 is 20.4 Å². The quantitative estimate of drug-likeness (QED) is 0.274. The Hall–Kier alpha value is -3.84. The molecule has 45 heavy (non-hydrogen) atoms. The molecule has 0 spiro atoms. The summed E-state index contributed by atoms with van der Waals surface area (Å²) in [5.74, 6) is 0.687. The van der Waals surface area contributed by atoms with Gasteiger partial charge in [-0.25, -0.2) is 15.0 Å². The van der Waals surface area contributed by atoms with Gasteiger partial charge in [-0.1, -0.05) is 29.8 Å². The van der Waals surface area contributed by atoms with Crippen molar-refractivity contribution in [3.05, 3.63) is 64.4 Å². The number of aromatic nitrogens is 3. The predicted molar refractivity (Wildman–Crippen MR) is 170 cm³/mol. The fourth-order valence-electron chi connectivity index (χ4n) is 6.02. The van der Waals surface area contributed by atoms with E-state index in [-0.39, 0.29) is 24.5 Å². The molecule has 2 saturated heterocycles. The summed E-state index contributed by atoms with van der Waals surface area (Å²) in [7, 11) is 2.18. The first-order valence-corrected chi connectivity index (χ1v) is 15.9. The maximum atomic E-state index is 13.6. The van der Waals surface area contributed by atoms with Crippen LogP contribution in [0.25, 0.3) is 11.3 Å². The molecule has 2 amide bonds. The lowest BCUT2D eigenvalue weighted by Gasteiger charge is -2.31. The zero-order valence-corrected chi connectivity index (χ0v) is 26.4. The number of nitrogens with one attached hydrogen (secondary N) is 3. The third kappa shape index (κ3) is 6.89. The number of amides is 2. The van der Waals surface area contributed by atoms with Crippen molar-refractivity contribution in [2.75, 3.05) is 63.3 Å². The van der Waals surface area contributed by atoms with Crippen LogP contribution in [0.4, 0.5) is 11.8 Å². The number of aliphatic hydroxyl groups excluding tert-OH is 1. The molecule has 13 heteroatoms. The van der Waals surface area contributed by atoms with E-state index in [1.165, 1.54) is 9.80 Å². The number of hydrogen-bond donors (Lipinski definition) is 4. The standard InChI is InChI=1S/C32H39ClN8O4/c1-20(30(43)37-27(19-42)26-4-3-5-28(36-26)40-12-10-39(2)11-13-40)41-18-22-7-6-21(16-24(22)31(41)44)29-25(33)17-34-32(38-29)35-23-8-14-45-15-9-23/h3-7,16-17,20,23,27,42H,8-15,18-19H2,1-2H3,(H,37,43)(H,34,35,38)/p+1/t20-,27-/m1/s1. The van der Waals surface area contributed by atoms with E-state index in [1.54, 1.807) is 25.3 Å². The molecule has 238 valence electrons. The molecule has 3 aliphatic heterocycles. The zero-order chi connectivity index (χ0) is 31.5. The summed E-state index contributed by atoms with van der Waals surface area (Å²) in [5, 5.41) is 16.8. The highest BCUT2D eigenvalue weighted by Gasteiger charge is 2.35. The van der Waals surface area contributed by atoms with Crippen molar-refractivity contribution in [3.63, 3.8) is 0 Å². The van der Waals surface area contributed by atoms with Crippen molar-refractivity contribution in [1.29, 1.82) is 0 Å². The van der Waals surface area contributed by atoms with Gasteiger partial charge in [-0.3, -0.25) is 9.59 Å². The molecule has 12 nitrogen and oxygen atoms in total. The first kappa shape index (κ1) is 31.2. The van der Waals surface area contributed by atoms with E-state index in [2.05, 4.69) is 32.5 Å². The molecule has 1 aromatic carbocycles. The first-order chi connectivity index (χ1) is 21.8. The molecule has 0 radical (unpaired) electrons. The molecule has 4 N–H and O–H groups in total. The fraction of sp³-hybridized carbons (Fsp3) is 0.469. The van der Waals surface area contributed by atoms with Gasteiger partial charge < -0.3 is 35.2 Å². The monoisotopic (exact) mass is 635 g/mol. The minimum absolute atomic E-state index is 0.221. The topological polar surface area (TPSA) is 137 Å². The van der Waals surface area contributed by atoms with Gasteiger partial charge in [0, 0.05) is 36.9 Å². The largest absolute Gasteiger partial charge is 0.394 e. The van der Waals surface area contributed by atoms with Crippen LogP contribution in [0.5, 0.6) is 0 Å². The second-order valence-corrected chi connectivity index (χ2v) is 12.4. The smallest absolute Gasteiger partial charge is 0.255 e. The summed E-state index contributed by atoms with van der Waals surface area (Å²) in [5.41, 5.74) is 3.12. The summed E-state index contributed by atoms with van der Waals surface area (Å²) in [6.45, 7) is 6.90. The van der Waals surface area contributed by atoms with Crippen molar-refractivity contribution in [1.82, 2.24) is 25.2 Å². The number of hydrogen-bond acceptors (Lipinski definition) is 9. The lowest BCUT2D eigenvalue weighted by Crippen LogP contribution is -3.12. The van der Waals surface area contributed by atoms with Gasteiger partial charge in [-0.2, -0.15) is 0 Å². The van der Waals surface area contributed by atoms with Gasteiger partial charge in [-0.15, -0.1) is 0 Å². The molecule has 0 bridgehead atoms. The third-order valence-corrected chi connectivity index (χ3v) is 9.19. The Morgan fingerprint density at radius 1 is 1.18 bits per heavy atom. The van der Waals surface area contributed by atoms with Crippen LogP contribution in [0.2, 0.25) is 5.02 Å².